The first-order chi connectivity index (χ1) is 9.70. The van der Waals surface area contributed by atoms with Crippen molar-refractivity contribution >= 4 is 33.2 Å². The third kappa shape index (κ3) is 2.91. The van der Waals surface area contributed by atoms with E-state index >= 15 is 0 Å². The van der Waals surface area contributed by atoms with Crippen molar-refractivity contribution in [2.45, 2.75) is 6.54 Å². The number of halogens is 1. The summed E-state index contributed by atoms with van der Waals surface area (Å²) in [5.41, 5.74) is 2.53. The van der Waals surface area contributed by atoms with E-state index in [2.05, 4.69) is 31.5 Å². The molecule has 0 aliphatic carbocycles. The van der Waals surface area contributed by atoms with Gasteiger partial charge in [-0.15, -0.1) is 0 Å². The molecule has 2 aromatic rings. The van der Waals surface area contributed by atoms with E-state index in [-0.39, 0.29) is 12.5 Å². The van der Waals surface area contributed by atoms with Crippen molar-refractivity contribution in [2.75, 3.05) is 17.2 Å². The van der Waals surface area contributed by atoms with Gasteiger partial charge in [0.2, 0.25) is 0 Å². The first-order valence-electron chi connectivity index (χ1n) is 6.12. The topological polar surface area (TPSA) is 63.2 Å². The van der Waals surface area contributed by atoms with Gasteiger partial charge < -0.3 is 15.4 Å². The molecule has 1 aliphatic rings. The second kappa shape index (κ2) is 5.50. The van der Waals surface area contributed by atoms with Crippen LogP contribution in [-0.4, -0.2) is 17.5 Å². The molecule has 0 saturated heterocycles. The highest BCUT2D eigenvalue weighted by Gasteiger charge is 2.15. The summed E-state index contributed by atoms with van der Waals surface area (Å²) in [5, 5.41) is 6.04. The minimum atomic E-state index is -0.135. The Balaban J connectivity index is 1.70. The number of nitrogens with one attached hydrogen (secondary N) is 2. The molecule has 0 radical (unpaired) electrons. The Hall–Kier alpha value is -2.08. The fourth-order valence-electron chi connectivity index (χ4n) is 1.90. The van der Waals surface area contributed by atoms with Crippen molar-refractivity contribution in [1.82, 2.24) is 4.98 Å². The summed E-state index contributed by atoms with van der Waals surface area (Å²) >= 11 is 3.35. The lowest BCUT2D eigenvalue weighted by molar-refractivity contribution is -0.118. The number of carbonyl (C=O) groups excluding carboxylic acids is 1. The number of anilines is 2. The van der Waals surface area contributed by atoms with E-state index in [1.807, 2.05) is 30.3 Å². The molecule has 1 aromatic heterocycles. The van der Waals surface area contributed by atoms with E-state index in [0.717, 1.165) is 15.9 Å². The maximum atomic E-state index is 11.3. The quantitative estimate of drug-likeness (QED) is 0.906. The average Bonchev–Trinajstić information content (AvgIpc) is 2.46. The predicted molar refractivity (Wildman–Crippen MR) is 79.8 cm³/mol. The van der Waals surface area contributed by atoms with E-state index in [9.17, 15) is 4.79 Å². The van der Waals surface area contributed by atoms with Crippen LogP contribution in [0.2, 0.25) is 0 Å². The maximum absolute atomic E-state index is 11.3. The summed E-state index contributed by atoms with van der Waals surface area (Å²) in [6, 6.07) is 9.50. The van der Waals surface area contributed by atoms with Gasteiger partial charge in [0.05, 0.1) is 17.9 Å². The van der Waals surface area contributed by atoms with Crippen LogP contribution in [0.4, 0.5) is 11.4 Å². The van der Waals surface area contributed by atoms with Gasteiger partial charge in [0.25, 0.3) is 5.91 Å². The molecule has 6 heteroatoms. The van der Waals surface area contributed by atoms with Crippen LogP contribution < -0.4 is 15.4 Å². The molecule has 2 N–H and O–H groups in total. The Bertz CT molecular complexity index is 643. The Labute approximate surface area is 124 Å². The molecule has 102 valence electrons. The second-order valence-electron chi connectivity index (χ2n) is 4.37. The maximum Gasteiger partial charge on any atom is 0.262 e. The van der Waals surface area contributed by atoms with Crippen LogP contribution in [0.15, 0.2) is 41.0 Å². The normalized spacial score (nSPS) is 13.2. The van der Waals surface area contributed by atoms with Crippen LogP contribution in [0.5, 0.6) is 5.75 Å². The molecule has 0 atom stereocenters. The van der Waals surface area contributed by atoms with E-state index in [0.29, 0.717) is 18.0 Å². The highest BCUT2D eigenvalue weighted by Crippen LogP contribution is 2.30. The predicted octanol–water partition coefficient (Wildman–Crippen LogP) is 2.79. The van der Waals surface area contributed by atoms with Gasteiger partial charge >= 0.3 is 0 Å². The molecule has 0 saturated carbocycles. The minimum absolute atomic E-state index is 0.0720. The number of nitrogens with zero attached hydrogens (tertiary/aromatic N) is 1. The molecule has 0 spiro atoms. The molecule has 1 aromatic carbocycles. The summed E-state index contributed by atoms with van der Waals surface area (Å²) in [6.07, 6.45) is 1.76. The zero-order chi connectivity index (χ0) is 13.9. The van der Waals surface area contributed by atoms with Crippen molar-refractivity contribution in [3.8, 4) is 5.75 Å². The molecule has 3 rings (SSSR count). The molecular formula is C14H12BrN3O2. The van der Waals surface area contributed by atoms with Gasteiger partial charge in [-0.1, -0.05) is 0 Å². The lowest BCUT2D eigenvalue weighted by Gasteiger charge is -2.18. The highest BCUT2D eigenvalue weighted by atomic mass is 79.9. The second-order valence-corrected chi connectivity index (χ2v) is 5.28. The largest absolute Gasteiger partial charge is 0.482 e. The van der Waals surface area contributed by atoms with Gasteiger partial charge in [-0.25, -0.2) is 0 Å². The number of hydrogen-bond acceptors (Lipinski definition) is 4. The van der Waals surface area contributed by atoms with Crippen molar-refractivity contribution in [1.29, 1.82) is 0 Å². The number of carbonyl (C=O) groups is 1. The van der Waals surface area contributed by atoms with E-state index in [4.69, 9.17) is 4.74 Å². The van der Waals surface area contributed by atoms with Gasteiger partial charge in [0.15, 0.2) is 6.61 Å². The number of amides is 1. The van der Waals surface area contributed by atoms with Crippen LogP contribution in [0.3, 0.4) is 0 Å². The van der Waals surface area contributed by atoms with Crippen LogP contribution in [0, 0.1) is 0 Å². The smallest absolute Gasteiger partial charge is 0.262 e. The standard InChI is InChI=1S/C14H12BrN3O2/c15-9-1-2-11(16-6-9)7-17-10-3-4-13-12(5-10)18-14(19)8-20-13/h1-6,17H,7-8H2,(H,18,19). The lowest BCUT2D eigenvalue weighted by atomic mass is 10.2. The van der Waals surface area contributed by atoms with Gasteiger partial charge in [-0.3, -0.25) is 9.78 Å². The third-order valence-corrected chi connectivity index (χ3v) is 3.34. The number of hydrogen-bond donors (Lipinski definition) is 2. The molecule has 0 bridgehead atoms. The SMILES string of the molecule is O=C1COc2ccc(NCc3ccc(Br)cn3)cc2N1. The van der Waals surface area contributed by atoms with Crippen molar-refractivity contribution < 1.29 is 9.53 Å². The summed E-state index contributed by atoms with van der Waals surface area (Å²) < 4.78 is 6.26. The molecule has 5 nitrogen and oxygen atoms in total. The monoisotopic (exact) mass is 333 g/mol. The van der Waals surface area contributed by atoms with Crippen LogP contribution >= 0.6 is 15.9 Å². The summed E-state index contributed by atoms with van der Waals surface area (Å²) in [6.45, 7) is 0.684. The third-order valence-electron chi connectivity index (χ3n) is 2.87. The van der Waals surface area contributed by atoms with E-state index in [1.54, 1.807) is 6.20 Å². The summed E-state index contributed by atoms with van der Waals surface area (Å²) in [5.74, 6) is 0.557. The van der Waals surface area contributed by atoms with Crippen molar-refractivity contribution in [3.05, 3.63) is 46.7 Å². The number of fused-ring (bicyclic) bond motifs is 1. The van der Waals surface area contributed by atoms with E-state index < -0.39 is 0 Å². The average molecular weight is 334 g/mol. The molecule has 2 heterocycles. The van der Waals surface area contributed by atoms with Crippen LogP contribution in [0.25, 0.3) is 0 Å². The van der Waals surface area contributed by atoms with Crippen molar-refractivity contribution in [3.63, 3.8) is 0 Å². The van der Waals surface area contributed by atoms with Crippen LogP contribution in [-0.2, 0) is 11.3 Å². The number of ether oxygens (including phenoxy) is 1. The zero-order valence-electron chi connectivity index (χ0n) is 10.5. The van der Waals surface area contributed by atoms with Crippen LogP contribution in [0.1, 0.15) is 5.69 Å². The summed E-state index contributed by atoms with van der Waals surface area (Å²) in [7, 11) is 0. The molecule has 0 unspecified atom stereocenters. The number of rotatable bonds is 3. The Morgan fingerprint density at radius 1 is 1.35 bits per heavy atom. The fourth-order valence-corrected chi connectivity index (χ4v) is 2.13. The molecule has 1 aliphatic heterocycles. The number of benzene rings is 1. The first kappa shape index (κ1) is 12.9. The lowest BCUT2D eigenvalue weighted by Crippen LogP contribution is -2.25. The minimum Gasteiger partial charge on any atom is -0.482 e. The van der Waals surface area contributed by atoms with Gasteiger partial charge in [-0.05, 0) is 46.3 Å². The van der Waals surface area contributed by atoms with Gasteiger partial charge in [0.1, 0.15) is 5.75 Å². The van der Waals surface area contributed by atoms with E-state index in [1.165, 1.54) is 0 Å². The first-order valence-corrected chi connectivity index (χ1v) is 6.91. The molecular weight excluding hydrogens is 322 g/mol. The van der Waals surface area contributed by atoms with Gasteiger partial charge in [-0.2, -0.15) is 0 Å². The molecule has 20 heavy (non-hydrogen) atoms. The fraction of sp³-hybridized carbons (Fsp3) is 0.143. The number of aromatic nitrogens is 1. The number of pyridine rings is 1. The molecule has 0 fully saturated rings. The van der Waals surface area contributed by atoms with Crippen molar-refractivity contribution in [2.24, 2.45) is 0 Å². The Kier molecular flexibility index (Phi) is 3.56. The molecule has 1 amide bonds. The Morgan fingerprint density at radius 3 is 3.05 bits per heavy atom. The highest BCUT2D eigenvalue weighted by molar-refractivity contribution is 9.10. The van der Waals surface area contributed by atoms with Gasteiger partial charge in [0, 0.05) is 16.4 Å². The summed E-state index contributed by atoms with van der Waals surface area (Å²) in [4.78, 5) is 15.6. The zero-order valence-corrected chi connectivity index (χ0v) is 12.1. The Morgan fingerprint density at radius 2 is 2.25 bits per heavy atom.